The second-order valence-corrected chi connectivity index (χ2v) is 7.80. The van der Waals surface area contributed by atoms with Crippen molar-refractivity contribution in [3.63, 3.8) is 0 Å². The van der Waals surface area contributed by atoms with E-state index in [0.717, 1.165) is 53.5 Å². The number of likely N-dealkylation sites (N-methyl/N-ethyl adjacent to an activating group) is 1. The minimum atomic E-state index is -0.0362. The maximum atomic E-state index is 13.4. The van der Waals surface area contributed by atoms with Crippen molar-refractivity contribution in [2.45, 2.75) is 25.4 Å². The van der Waals surface area contributed by atoms with Crippen LogP contribution in [0, 0.1) is 0 Å². The number of fused-ring (bicyclic) bond motifs is 2. The van der Waals surface area contributed by atoms with Gasteiger partial charge in [0.1, 0.15) is 5.75 Å². The minimum absolute atomic E-state index is 0.0125. The zero-order valence-corrected chi connectivity index (χ0v) is 16.6. The summed E-state index contributed by atoms with van der Waals surface area (Å²) in [6.45, 7) is 2.78. The van der Waals surface area contributed by atoms with E-state index in [2.05, 4.69) is 38.2 Å². The van der Waals surface area contributed by atoms with E-state index in [9.17, 15) is 4.79 Å². The van der Waals surface area contributed by atoms with E-state index in [1.165, 1.54) is 0 Å². The van der Waals surface area contributed by atoms with Gasteiger partial charge in [-0.15, -0.1) is 0 Å². The van der Waals surface area contributed by atoms with E-state index in [0.29, 0.717) is 18.8 Å². The minimum Gasteiger partial charge on any atom is -0.497 e. The van der Waals surface area contributed by atoms with Crippen molar-refractivity contribution in [3.05, 3.63) is 64.5 Å². The number of nitrogens with one attached hydrogen (secondary N) is 2. The Morgan fingerprint density at radius 2 is 2.17 bits per heavy atom. The summed E-state index contributed by atoms with van der Waals surface area (Å²) >= 11 is 0. The van der Waals surface area contributed by atoms with Crippen LogP contribution in [0.25, 0.3) is 0 Å². The van der Waals surface area contributed by atoms with Crippen molar-refractivity contribution < 1.29 is 9.53 Å². The molecule has 1 atom stereocenters. The molecule has 0 saturated carbocycles. The smallest absolute Gasteiger partial charge is 0.275 e. The number of nitrogens with zero attached hydrogens (tertiary/aromatic N) is 4. The third kappa shape index (κ3) is 3.09. The molecular weight excluding hydrogens is 368 g/mol. The van der Waals surface area contributed by atoms with E-state index in [4.69, 9.17) is 4.74 Å². The predicted octanol–water partition coefficient (Wildman–Crippen LogP) is 1.92. The van der Waals surface area contributed by atoms with Gasteiger partial charge in [-0.25, -0.2) is 4.98 Å². The van der Waals surface area contributed by atoms with Crippen LogP contribution in [0.3, 0.4) is 0 Å². The highest BCUT2D eigenvalue weighted by molar-refractivity contribution is 5.94. The highest BCUT2D eigenvalue weighted by Crippen LogP contribution is 2.34. The maximum Gasteiger partial charge on any atom is 0.275 e. The molecule has 1 unspecified atom stereocenters. The first-order valence-corrected chi connectivity index (χ1v) is 9.84. The van der Waals surface area contributed by atoms with Gasteiger partial charge in [0.25, 0.3) is 5.91 Å². The van der Waals surface area contributed by atoms with Gasteiger partial charge in [0.05, 0.1) is 31.4 Å². The van der Waals surface area contributed by atoms with Gasteiger partial charge < -0.3 is 19.5 Å². The third-order valence-electron chi connectivity index (χ3n) is 5.94. The van der Waals surface area contributed by atoms with Gasteiger partial charge in [-0.05, 0) is 24.7 Å². The van der Waals surface area contributed by atoms with Gasteiger partial charge in [-0.3, -0.25) is 9.89 Å². The molecule has 0 fully saturated rings. The maximum absolute atomic E-state index is 13.4. The molecule has 2 aromatic heterocycles. The normalized spacial score (nSPS) is 19.0. The molecule has 0 spiro atoms. The largest absolute Gasteiger partial charge is 0.497 e. The van der Waals surface area contributed by atoms with Crippen LogP contribution < -0.4 is 4.74 Å². The molecule has 2 aliphatic heterocycles. The lowest BCUT2D eigenvalue weighted by molar-refractivity contribution is 0.0713. The monoisotopic (exact) mass is 392 g/mol. The Morgan fingerprint density at radius 3 is 3.03 bits per heavy atom. The first-order valence-electron chi connectivity index (χ1n) is 9.84. The summed E-state index contributed by atoms with van der Waals surface area (Å²) in [4.78, 5) is 25.3. The highest BCUT2D eigenvalue weighted by Gasteiger charge is 2.34. The number of H-pyrrole nitrogens is 2. The topological polar surface area (TPSA) is 90.1 Å². The summed E-state index contributed by atoms with van der Waals surface area (Å²) < 4.78 is 5.39. The van der Waals surface area contributed by atoms with Crippen LogP contribution in [-0.2, 0) is 19.5 Å². The summed E-state index contributed by atoms with van der Waals surface area (Å²) in [7, 11) is 3.73. The number of amides is 1. The van der Waals surface area contributed by atoms with E-state index in [1.807, 2.05) is 23.1 Å². The van der Waals surface area contributed by atoms with Crippen molar-refractivity contribution >= 4 is 5.91 Å². The molecule has 0 radical (unpaired) electrons. The van der Waals surface area contributed by atoms with E-state index in [1.54, 1.807) is 13.4 Å². The summed E-state index contributed by atoms with van der Waals surface area (Å²) in [5.41, 5.74) is 5.69. The van der Waals surface area contributed by atoms with Gasteiger partial charge in [0, 0.05) is 43.2 Å². The lowest BCUT2D eigenvalue weighted by Crippen LogP contribution is -2.39. The number of aromatic amines is 2. The van der Waals surface area contributed by atoms with Crippen LogP contribution in [0.2, 0.25) is 0 Å². The molecule has 3 aromatic rings. The average molecular weight is 392 g/mol. The van der Waals surface area contributed by atoms with Crippen LogP contribution in [0.1, 0.15) is 44.6 Å². The summed E-state index contributed by atoms with van der Waals surface area (Å²) in [5.74, 6) is 0.750. The van der Waals surface area contributed by atoms with Crippen LogP contribution in [0.4, 0.5) is 0 Å². The summed E-state index contributed by atoms with van der Waals surface area (Å²) in [5, 5.41) is 7.47. The van der Waals surface area contributed by atoms with Crippen LogP contribution >= 0.6 is 0 Å². The fourth-order valence-electron chi connectivity index (χ4n) is 4.35. The van der Waals surface area contributed by atoms with E-state index >= 15 is 0 Å². The highest BCUT2D eigenvalue weighted by atomic mass is 16.5. The van der Waals surface area contributed by atoms with Crippen LogP contribution in [-0.4, -0.2) is 63.1 Å². The standard InChI is InChI=1S/C21H24N6O2/c1-26-7-6-17-16(9-26)20(25-24-17)21(28)27-10-15(19-18(11-27)22-12-23-19)13-4-3-5-14(8-13)29-2/h3-5,8,12,15H,6-7,9-11H2,1-2H3,(H,22,23)(H,24,25). The number of imidazole rings is 1. The zero-order valence-electron chi connectivity index (χ0n) is 16.6. The van der Waals surface area contributed by atoms with Gasteiger partial charge in [-0.1, -0.05) is 12.1 Å². The molecule has 0 saturated heterocycles. The lowest BCUT2D eigenvalue weighted by Gasteiger charge is -2.32. The number of hydrogen-bond donors (Lipinski definition) is 2. The quantitative estimate of drug-likeness (QED) is 0.711. The number of methoxy groups -OCH3 is 1. The number of benzene rings is 1. The Hall–Kier alpha value is -3.13. The number of rotatable bonds is 3. The zero-order chi connectivity index (χ0) is 20.0. The fraction of sp³-hybridized carbons (Fsp3) is 0.381. The van der Waals surface area contributed by atoms with Crippen molar-refractivity contribution in [3.8, 4) is 5.75 Å². The molecular formula is C21H24N6O2. The molecule has 150 valence electrons. The Bertz CT molecular complexity index is 1060. The van der Waals surface area contributed by atoms with Crippen LogP contribution in [0.15, 0.2) is 30.6 Å². The Balaban J connectivity index is 1.48. The molecule has 4 heterocycles. The fourth-order valence-corrected chi connectivity index (χ4v) is 4.35. The number of carbonyl (C=O) groups excluding carboxylic acids is 1. The number of aromatic nitrogens is 4. The van der Waals surface area contributed by atoms with Crippen molar-refractivity contribution in [2.24, 2.45) is 0 Å². The number of hydrogen-bond acceptors (Lipinski definition) is 5. The number of carbonyl (C=O) groups is 1. The van der Waals surface area contributed by atoms with Gasteiger partial charge >= 0.3 is 0 Å². The predicted molar refractivity (Wildman–Crippen MR) is 107 cm³/mol. The van der Waals surface area contributed by atoms with E-state index < -0.39 is 0 Å². The molecule has 1 amide bonds. The third-order valence-corrected chi connectivity index (χ3v) is 5.94. The molecule has 8 heteroatoms. The SMILES string of the molecule is COc1cccc(C2CN(C(=O)c3n[nH]c4c3CN(C)CC4)Cc3[nH]cnc32)c1. The number of ether oxygens (including phenoxy) is 1. The molecule has 2 N–H and O–H groups in total. The van der Waals surface area contributed by atoms with Gasteiger partial charge in [0.15, 0.2) is 5.69 Å². The second kappa shape index (κ2) is 7.04. The first kappa shape index (κ1) is 17.9. The molecule has 1 aromatic carbocycles. The molecule has 2 aliphatic rings. The van der Waals surface area contributed by atoms with Crippen LogP contribution in [0.5, 0.6) is 5.75 Å². The lowest BCUT2D eigenvalue weighted by atomic mass is 9.90. The molecule has 0 bridgehead atoms. The van der Waals surface area contributed by atoms with Crippen molar-refractivity contribution in [2.75, 3.05) is 27.2 Å². The summed E-state index contributed by atoms with van der Waals surface area (Å²) in [6.07, 6.45) is 2.60. The second-order valence-electron chi connectivity index (χ2n) is 7.80. The van der Waals surface area contributed by atoms with Crippen molar-refractivity contribution in [1.29, 1.82) is 0 Å². The summed E-state index contributed by atoms with van der Waals surface area (Å²) in [6, 6.07) is 7.97. The van der Waals surface area contributed by atoms with Gasteiger partial charge in [-0.2, -0.15) is 5.10 Å². The first-order chi connectivity index (χ1) is 14.1. The average Bonchev–Trinajstić information content (AvgIpc) is 3.39. The Kier molecular flexibility index (Phi) is 4.35. The van der Waals surface area contributed by atoms with Gasteiger partial charge in [0.2, 0.25) is 0 Å². The molecule has 29 heavy (non-hydrogen) atoms. The Morgan fingerprint density at radius 1 is 1.28 bits per heavy atom. The molecule has 8 nitrogen and oxygen atoms in total. The van der Waals surface area contributed by atoms with E-state index in [-0.39, 0.29) is 11.8 Å². The molecule has 5 rings (SSSR count). The molecule has 0 aliphatic carbocycles. The Labute approximate surface area is 168 Å². The van der Waals surface area contributed by atoms with Crippen molar-refractivity contribution in [1.82, 2.24) is 30.0 Å².